The van der Waals surface area contributed by atoms with E-state index in [9.17, 15) is 10.1 Å². The van der Waals surface area contributed by atoms with Crippen molar-refractivity contribution in [3.63, 3.8) is 0 Å². The number of rotatable bonds is 3. The average molecular weight is 268 g/mol. The second-order valence-corrected chi connectivity index (χ2v) is 4.15. The summed E-state index contributed by atoms with van der Waals surface area (Å²) >= 11 is 5.97. The molecule has 1 atom stereocenters. The van der Waals surface area contributed by atoms with Gasteiger partial charge in [0.05, 0.1) is 21.8 Å². The molecule has 2 N–H and O–H groups in total. The van der Waals surface area contributed by atoms with E-state index < -0.39 is 4.92 Å². The number of hydrogen-bond donors (Lipinski definition) is 1. The van der Waals surface area contributed by atoms with Crippen LogP contribution in [0.1, 0.15) is 18.7 Å². The van der Waals surface area contributed by atoms with Gasteiger partial charge in [-0.25, -0.2) is 4.68 Å². The van der Waals surface area contributed by atoms with Gasteiger partial charge in [0.2, 0.25) is 0 Å². The van der Waals surface area contributed by atoms with Crippen molar-refractivity contribution < 1.29 is 4.92 Å². The molecule has 18 heavy (non-hydrogen) atoms. The highest BCUT2D eigenvalue weighted by atomic mass is 35.5. The molecule has 1 unspecified atom stereocenters. The van der Waals surface area contributed by atoms with Gasteiger partial charge in [0.15, 0.2) is 5.69 Å². The Hall–Kier alpha value is -1.99. The number of hydrogen-bond acceptors (Lipinski definition) is 5. The zero-order chi connectivity index (χ0) is 13.3. The molecule has 2 aromatic rings. The molecule has 1 aromatic carbocycles. The van der Waals surface area contributed by atoms with E-state index in [2.05, 4.69) is 10.3 Å². The van der Waals surface area contributed by atoms with Gasteiger partial charge in [-0.2, -0.15) is 0 Å². The molecule has 0 bridgehead atoms. The number of halogens is 1. The predicted molar refractivity (Wildman–Crippen MR) is 65.6 cm³/mol. The maximum absolute atomic E-state index is 10.9. The van der Waals surface area contributed by atoms with Crippen LogP contribution in [0.3, 0.4) is 0 Å². The standard InChI is InChI=1S/C10H10ClN5O2/c1-6(12)8-5-15(14-13-8)10-7(11)3-2-4-9(10)16(17)18/h2-6H,12H2,1H3. The van der Waals surface area contributed by atoms with E-state index in [-0.39, 0.29) is 22.4 Å². The van der Waals surface area contributed by atoms with Gasteiger partial charge in [-0.15, -0.1) is 5.10 Å². The normalized spacial score (nSPS) is 12.4. The fourth-order valence-electron chi connectivity index (χ4n) is 1.47. The van der Waals surface area contributed by atoms with E-state index in [1.54, 1.807) is 13.0 Å². The summed E-state index contributed by atoms with van der Waals surface area (Å²) in [6.07, 6.45) is 1.53. The summed E-state index contributed by atoms with van der Waals surface area (Å²) in [5, 5.41) is 18.8. The van der Waals surface area contributed by atoms with Crippen LogP contribution in [0.5, 0.6) is 0 Å². The number of nitro benzene ring substituents is 1. The molecule has 0 saturated carbocycles. The van der Waals surface area contributed by atoms with Gasteiger partial charge in [0.25, 0.3) is 5.69 Å². The topological polar surface area (TPSA) is 99.9 Å². The smallest absolute Gasteiger partial charge is 0.296 e. The number of para-hydroxylation sites is 1. The minimum atomic E-state index is -0.519. The lowest BCUT2D eigenvalue weighted by Crippen LogP contribution is -2.05. The van der Waals surface area contributed by atoms with Crippen LogP contribution < -0.4 is 5.73 Å². The highest BCUT2D eigenvalue weighted by Crippen LogP contribution is 2.29. The zero-order valence-corrected chi connectivity index (χ0v) is 10.2. The van der Waals surface area contributed by atoms with Gasteiger partial charge in [0, 0.05) is 12.1 Å². The number of benzene rings is 1. The maximum atomic E-state index is 10.9. The van der Waals surface area contributed by atoms with Gasteiger partial charge in [-0.3, -0.25) is 10.1 Å². The van der Waals surface area contributed by atoms with Crippen LogP contribution in [0, 0.1) is 10.1 Å². The molecule has 0 aliphatic carbocycles. The summed E-state index contributed by atoms with van der Waals surface area (Å²) in [6.45, 7) is 1.75. The molecular formula is C10H10ClN5O2. The number of nitrogens with zero attached hydrogens (tertiary/aromatic N) is 4. The van der Waals surface area contributed by atoms with E-state index in [4.69, 9.17) is 17.3 Å². The maximum Gasteiger partial charge on any atom is 0.296 e. The van der Waals surface area contributed by atoms with Crippen molar-refractivity contribution >= 4 is 17.3 Å². The third kappa shape index (κ3) is 2.18. The summed E-state index contributed by atoms with van der Waals surface area (Å²) < 4.78 is 1.26. The van der Waals surface area contributed by atoms with E-state index in [0.717, 1.165) is 0 Å². The van der Waals surface area contributed by atoms with Crippen LogP contribution in [0.25, 0.3) is 5.69 Å². The molecule has 0 aliphatic heterocycles. The van der Waals surface area contributed by atoms with Crippen LogP contribution in [-0.4, -0.2) is 19.9 Å². The number of nitro groups is 1. The summed E-state index contributed by atoms with van der Waals surface area (Å²) in [5.41, 5.74) is 6.24. The Balaban J connectivity index is 2.58. The first-order valence-electron chi connectivity index (χ1n) is 5.12. The van der Waals surface area contributed by atoms with E-state index in [1.807, 2.05) is 0 Å². The largest absolute Gasteiger partial charge is 0.323 e. The second-order valence-electron chi connectivity index (χ2n) is 3.74. The third-order valence-corrected chi connectivity index (χ3v) is 2.67. The van der Waals surface area contributed by atoms with Crippen LogP contribution in [0.2, 0.25) is 5.02 Å². The molecule has 0 spiro atoms. The first-order chi connectivity index (χ1) is 8.50. The SMILES string of the molecule is CC(N)c1cn(-c2c(Cl)cccc2[N+](=O)[O-])nn1. The van der Waals surface area contributed by atoms with Gasteiger partial charge >= 0.3 is 0 Å². The fraction of sp³-hybridized carbons (Fsp3) is 0.200. The van der Waals surface area contributed by atoms with Crippen LogP contribution in [0.4, 0.5) is 5.69 Å². The Bertz CT molecular complexity index is 596. The molecule has 1 aromatic heterocycles. The van der Waals surface area contributed by atoms with E-state index >= 15 is 0 Å². The van der Waals surface area contributed by atoms with Crippen molar-refractivity contribution in [2.75, 3.05) is 0 Å². The molecular weight excluding hydrogens is 258 g/mol. The van der Waals surface area contributed by atoms with Crippen molar-refractivity contribution in [3.8, 4) is 5.69 Å². The first kappa shape index (κ1) is 12.5. The summed E-state index contributed by atoms with van der Waals surface area (Å²) in [5.74, 6) is 0. The molecule has 0 saturated heterocycles. The molecule has 0 amide bonds. The highest BCUT2D eigenvalue weighted by molar-refractivity contribution is 6.32. The Morgan fingerprint density at radius 2 is 2.28 bits per heavy atom. The van der Waals surface area contributed by atoms with Crippen molar-refractivity contribution in [2.24, 2.45) is 5.73 Å². The van der Waals surface area contributed by atoms with E-state index in [0.29, 0.717) is 5.69 Å². The first-order valence-corrected chi connectivity index (χ1v) is 5.49. The van der Waals surface area contributed by atoms with Crippen LogP contribution >= 0.6 is 11.6 Å². The molecule has 0 aliphatic rings. The molecule has 0 fully saturated rings. The fourth-order valence-corrected chi connectivity index (χ4v) is 1.73. The zero-order valence-electron chi connectivity index (χ0n) is 9.45. The van der Waals surface area contributed by atoms with Gasteiger partial charge < -0.3 is 5.73 Å². The summed E-state index contributed by atoms with van der Waals surface area (Å²) in [4.78, 5) is 10.4. The summed E-state index contributed by atoms with van der Waals surface area (Å²) in [6, 6.07) is 4.11. The lowest BCUT2D eigenvalue weighted by molar-refractivity contribution is -0.384. The van der Waals surface area contributed by atoms with Crippen LogP contribution in [0.15, 0.2) is 24.4 Å². The van der Waals surface area contributed by atoms with Gasteiger partial charge in [0.1, 0.15) is 0 Å². The van der Waals surface area contributed by atoms with Crippen molar-refractivity contribution in [1.82, 2.24) is 15.0 Å². The highest BCUT2D eigenvalue weighted by Gasteiger charge is 2.20. The van der Waals surface area contributed by atoms with Crippen molar-refractivity contribution in [2.45, 2.75) is 13.0 Å². The lowest BCUT2D eigenvalue weighted by atomic mass is 10.2. The number of nitrogens with two attached hydrogens (primary N) is 1. The quantitative estimate of drug-likeness (QED) is 0.676. The summed E-state index contributed by atoms with van der Waals surface area (Å²) in [7, 11) is 0. The Morgan fingerprint density at radius 3 is 2.83 bits per heavy atom. The monoisotopic (exact) mass is 267 g/mol. The molecule has 8 heteroatoms. The Kier molecular flexibility index (Phi) is 3.26. The molecule has 2 rings (SSSR count). The van der Waals surface area contributed by atoms with Crippen molar-refractivity contribution in [3.05, 3.63) is 45.2 Å². The Labute approximate surface area is 107 Å². The number of aromatic nitrogens is 3. The Morgan fingerprint density at radius 1 is 1.56 bits per heavy atom. The average Bonchev–Trinajstić information content (AvgIpc) is 2.77. The van der Waals surface area contributed by atoms with Crippen molar-refractivity contribution in [1.29, 1.82) is 0 Å². The third-order valence-electron chi connectivity index (χ3n) is 2.37. The predicted octanol–water partition coefficient (Wildman–Crippen LogP) is 1.85. The van der Waals surface area contributed by atoms with E-state index in [1.165, 1.54) is 23.0 Å². The molecule has 1 heterocycles. The molecule has 94 valence electrons. The molecule has 7 nitrogen and oxygen atoms in total. The minimum absolute atomic E-state index is 0.136. The molecule has 0 radical (unpaired) electrons. The minimum Gasteiger partial charge on any atom is -0.323 e. The van der Waals surface area contributed by atoms with Crippen LogP contribution in [-0.2, 0) is 0 Å². The van der Waals surface area contributed by atoms with Gasteiger partial charge in [-0.1, -0.05) is 22.9 Å². The van der Waals surface area contributed by atoms with Gasteiger partial charge in [-0.05, 0) is 13.0 Å². The lowest BCUT2D eigenvalue weighted by Gasteiger charge is -2.04. The second kappa shape index (κ2) is 4.71.